The van der Waals surface area contributed by atoms with Crippen LogP contribution in [0.4, 0.5) is 0 Å². The third-order valence-corrected chi connectivity index (χ3v) is 2.64. The van der Waals surface area contributed by atoms with E-state index < -0.39 is 0 Å². The van der Waals surface area contributed by atoms with Gasteiger partial charge in [-0.05, 0) is 25.9 Å². The van der Waals surface area contributed by atoms with E-state index in [1.807, 2.05) is 6.92 Å². The highest BCUT2D eigenvalue weighted by atomic mass is 16.5. The second-order valence-corrected chi connectivity index (χ2v) is 3.81. The van der Waals surface area contributed by atoms with Crippen molar-refractivity contribution in [1.82, 2.24) is 20.5 Å². The Hall–Kier alpha value is -0.940. The van der Waals surface area contributed by atoms with Crippen molar-refractivity contribution in [2.75, 3.05) is 13.1 Å². The number of nitrogens with one attached hydrogen (secondary N) is 2. The number of aromatic amines is 1. The van der Waals surface area contributed by atoms with Gasteiger partial charge in [0.15, 0.2) is 11.6 Å². The van der Waals surface area contributed by atoms with Gasteiger partial charge in [0, 0.05) is 6.42 Å². The van der Waals surface area contributed by atoms with Gasteiger partial charge in [-0.3, -0.25) is 5.10 Å². The highest BCUT2D eigenvalue weighted by molar-refractivity contribution is 4.88. The first kappa shape index (κ1) is 10.6. The lowest BCUT2D eigenvalue weighted by atomic mass is 10.1. The maximum absolute atomic E-state index is 5.75. The number of rotatable bonds is 4. The normalized spacial score (nSPS) is 18.2. The molecule has 84 valence electrons. The van der Waals surface area contributed by atoms with Crippen LogP contribution in [0.5, 0.6) is 0 Å². The lowest BCUT2D eigenvalue weighted by Gasteiger charge is -2.22. The van der Waals surface area contributed by atoms with E-state index >= 15 is 0 Å². The first-order valence-corrected chi connectivity index (χ1v) is 5.61. The summed E-state index contributed by atoms with van der Waals surface area (Å²) in [5.41, 5.74) is 0. The molecule has 5 nitrogen and oxygen atoms in total. The first-order chi connectivity index (χ1) is 7.38. The summed E-state index contributed by atoms with van der Waals surface area (Å²) in [6, 6.07) is 0. The molecule has 1 aliphatic rings. The number of H-pyrrole nitrogens is 1. The SMILES string of the molecule is CCc1n[nH]c(COC2CCNCC2)n1. The second kappa shape index (κ2) is 5.23. The van der Waals surface area contributed by atoms with E-state index in [0.717, 1.165) is 44.0 Å². The summed E-state index contributed by atoms with van der Waals surface area (Å²) in [6.45, 7) is 4.71. The van der Waals surface area contributed by atoms with Gasteiger partial charge in [-0.25, -0.2) is 4.98 Å². The molecule has 1 saturated heterocycles. The average Bonchev–Trinajstić information content (AvgIpc) is 2.76. The number of aryl methyl sites for hydroxylation is 1. The van der Waals surface area contributed by atoms with E-state index in [1.165, 1.54) is 0 Å². The molecule has 0 aromatic carbocycles. The first-order valence-electron chi connectivity index (χ1n) is 5.61. The van der Waals surface area contributed by atoms with Crippen LogP contribution in [0.2, 0.25) is 0 Å². The summed E-state index contributed by atoms with van der Waals surface area (Å²) in [6.07, 6.45) is 3.43. The topological polar surface area (TPSA) is 62.8 Å². The van der Waals surface area contributed by atoms with Crippen molar-refractivity contribution in [1.29, 1.82) is 0 Å². The van der Waals surface area contributed by atoms with Gasteiger partial charge in [0.05, 0.1) is 6.10 Å². The van der Waals surface area contributed by atoms with Crippen molar-refractivity contribution in [3.05, 3.63) is 11.6 Å². The minimum atomic E-state index is 0.376. The summed E-state index contributed by atoms with van der Waals surface area (Å²) >= 11 is 0. The van der Waals surface area contributed by atoms with Gasteiger partial charge < -0.3 is 10.1 Å². The van der Waals surface area contributed by atoms with Crippen LogP contribution in [-0.2, 0) is 17.8 Å². The molecule has 0 spiro atoms. The Kier molecular flexibility index (Phi) is 3.69. The zero-order chi connectivity index (χ0) is 10.5. The van der Waals surface area contributed by atoms with Gasteiger partial charge in [0.2, 0.25) is 0 Å². The second-order valence-electron chi connectivity index (χ2n) is 3.81. The van der Waals surface area contributed by atoms with Gasteiger partial charge in [0.1, 0.15) is 6.61 Å². The van der Waals surface area contributed by atoms with E-state index in [4.69, 9.17) is 4.74 Å². The lowest BCUT2D eigenvalue weighted by molar-refractivity contribution is 0.0179. The van der Waals surface area contributed by atoms with E-state index in [2.05, 4.69) is 20.5 Å². The molecule has 0 bridgehead atoms. The molecule has 0 atom stereocenters. The molecular weight excluding hydrogens is 192 g/mol. The van der Waals surface area contributed by atoms with Gasteiger partial charge >= 0.3 is 0 Å². The Labute approximate surface area is 89.6 Å². The number of piperidine rings is 1. The highest BCUT2D eigenvalue weighted by Crippen LogP contribution is 2.09. The summed E-state index contributed by atoms with van der Waals surface area (Å²) in [7, 11) is 0. The van der Waals surface area contributed by atoms with Crippen molar-refractivity contribution in [2.45, 2.75) is 38.9 Å². The minimum absolute atomic E-state index is 0.376. The number of nitrogens with zero attached hydrogens (tertiary/aromatic N) is 2. The predicted octanol–water partition coefficient (Wildman–Crippen LogP) is 0.636. The van der Waals surface area contributed by atoms with Crippen molar-refractivity contribution >= 4 is 0 Å². The van der Waals surface area contributed by atoms with Gasteiger partial charge in [-0.2, -0.15) is 5.10 Å². The van der Waals surface area contributed by atoms with Crippen LogP contribution in [0, 0.1) is 0 Å². The minimum Gasteiger partial charge on any atom is -0.370 e. The quantitative estimate of drug-likeness (QED) is 0.765. The third kappa shape index (κ3) is 3.00. The summed E-state index contributed by atoms with van der Waals surface area (Å²) in [5.74, 6) is 1.70. The van der Waals surface area contributed by atoms with Gasteiger partial charge in [0.25, 0.3) is 0 Å². The van der Waals surface area contributed by atoms with Crippen molar-refractivity contribution in [2.24, 2.45) is 0 Å². The molecule has 1 aliphatic heterocycles. The number of ether oxygens (including phenoxy) is 1. The lowest BCUT2D eigenvalue weighted by Crippen LogP contribution is -2.32. The zero-order valence-corrected chi connectivity index (χ0v) is 9.12. The van der Waals surface area contributed by atoms with Crippen molar-refractivity contribution in [3.63, 3.8) is 0 Å². The molecule has 0 saturated carbocycles. The van der Waals surface area contributed by atoms with Gasteiger partial charge in [-0.1, -0.05) is 6.92 Å². The maximum Gasteiger partial charge on any atom is 0.150 e. The molecule has 2 heterocycles. The molecular formula is C10H18N4O. The van der Waals surface area contributed by atoms with Crippen LogP contribution in [0.1, 0.15) is 31.4 Å². The zero-order valence-electron chi connectivity index (χ0n) is 9.12. The van der Waals surface area contributed by atoms with E-state index in [-0.39, 0.29) is 0 Å². The highest BCUT2D eigenvalue weighted by Gasteiger charge is 2.13. The Bertz CT molecular complexity index is 293. The van der Waals surface area contributed by atoms with Crippen molar-refractivity contribution in [3.8, 4) is 0 Å². The fourth-order valence-electron chi connectivity index (χ4n) is 1.72. The van der Waals surface area contributed by atoms with Crippen LogP contribution < -0.4 is 5.32 Å². The Morgan fingerprint density at radius 3 is 2.87 bits per heavy atom. The Morgan fingerprint density at radius 2 is 2.20 bits per heavy atom. The monoisotopic (exact) mass is 210 g/mol. The predicted molar refractivity (Wildman–Crippen MR) is 56.4 cm³/mol. The number of hydrogen-bond acceptors (Lipinski definition) is 4. The van der Waals surface area contributed by atoms with Crippen LogP contribution >= 0.6 is 0 Å². The fraction of sp³-hybridized carbons (Fsp3) is 0.800. The molecule has 1 aromatic heterocycles. The maximum atomic E-state index is 5.75. The molecule has 1 aromatic rings. The van der Waals surface area contributed by atoms with E-state index in [1.54, 1.807) is 0 Å². The van der Waals surface area contributed by atoms with Crippen LogP contribution in [0.15, 0.2) is 0 Å². The molecule has 1 fully saturated rings. The molecule has 15 heavy (non-hydrogen) atoms. The van der Waals surface area contributed by atoms with Crippen LogP contribution in [-0.4, -0.2) is 34.4 Å². The molecule has 2 rings (SSSR count). The molecule has 0 amide bonds. The number of hydrogen-bond donors (Lipinski definition) is 2. The molecule has 0 aliphatic carbocycles. The van der Waals surface area contributed by atoms with E-state index in [0.29, 0.717) is 12.7 Å². The largest absolute Gasteiger partial charge is 0.370 e. The smallest absolute Gasteiger partial charge is 0.150 e. The van der Waals surface area contributed by atoms with E-state index in [9.17, 15) is 0 Å². The average molecular weight is 210 g/mol. The van der Waals surface area contributed by atoms with Gasteiger partial charge in [-0.15, -0.1) is 0 Å². The third-order valence-electron chi connectivity index (χ3n) is 2.64. The summed E-state index contributed by atoms with van der Waals surface area (Å²) in [4.78, 5) is 4.31. The molecule has 2 N–H and O–H groups in total. The summed E-state index contributed by atoms with van der Waals surface area (Å²) < 4.78 is 5.75. The molecule has 0 radical (unpaired) electrons. The number of aromatic nitrogens is 3. The summed E-state index contributed by atoms with van der Waals surface area (Å²) in [5, 5.41) is 10.3. The fourth-order valence-corrected chi connectivity index (χ4v) is 1.72. The molecule has 0 unspecified atom stereocenters. The van der Waals surface area contributed by atoms with Crippen molar-refractivity contribution < 1.29 is 4.74 Å². The Balaban J connectivity index is 1.76. The standard InChI is InChI=1S/C10H18N4O/c1-2-9-12-10(14-13-9)7-15-8-3-5-11-6-4-8/h8,11H,2-7H2,1H3,(H,12,13,14). The van der Waals surface area contributed by atoms with Crippen LogP contribution in [0.3, 0.4) is 0 Å². The van der Waals surface area contributed by atoms with Crippen LogP contribution in [0.25, 0.3) is 0 Å². The Morgan fingerprint density at radius 1 is 1.40 bits per heavy atom. The molecule has 5 heteroatoms.